The Kier molecular flexibility index (Phi) is 3.44. The van der Waals surface area contributed by atoms with Gasteiger partial charge in [-0.2, -0.15) is 0 Å². The van der Waals surface area contributed by atoms with Crippen LogP contribution in [0.1, 0.15) is 37.3 Å². The normalized spacial score (nSPS) is 18.1. The first-order valence-electron chi connectivity index (χ1n) is 6.14. The van der Waals surface area contributed by atoms with Crippen LogP contribution in [0.15, 0.2) is 24.3 Å². The number of carbonyl (C=O) groups excluding carboxylic acids is 1. The summed E-state index contributed by atoms with van der Waals surface area (Å²) < 4.78 is 5.92. The molecule has 1 atom stereocenters. The summed E-state index contributed by atoms with van der Waals surface area (Å²) in [6.45, 7) is 2.72. The lowest BCUT2D eigenvalue weighted by Crippen LogP contribution is -2.17. The molecule has 0 aliphatic carbocycles. The average Bonchev–Trinajstić information content (AvgIpc) is 2.79. The Bertz CT molecular complexity index is 633. The molecule has 3 rings (SSSR count). The largest absolute Gasteiger partial charge is 0.368 e. The van der Waals surface area contributed by atoms with Gasteiger partial charge in [0.15, 0.2) is 6.29 Å². The molecule has 0 N–H and O–H groups in total. The second-order valence-corrected chi connectivity index (χ2v) is 6.35. The molecule has 1 aliphatic heterocycles. The van der Waals surface area contributed by atoms with Gasteiger partial charge < -0.3 is 4.74 Å². The van der Waals surface area contributed by atoms with Gasteiger partial charge in [0, 0.05) is 9.90 Å². The Morgan fingerprint density at radius 3 is 2.95 bits per heavy atom. The third-order valence-corrected chi connectivity index (χ3v) is 4.65. The van der Waals surface area contributed by atoms with Gasteiger partial charge >= 0.3 is 0 Å². The number of thiophene rings is 1. The summed E-state index contributed by atoms with van der Waals surface area (Å²) in [7, 11) is 0. The fraction of sp³-hybridized carbons (Fsp3) is 0.267. The Labute approximate surface area is 121 Å². The van der Waals surface area contributed by atoms with Crippen molar-refractivity contribution in [1.29, 1.82) is 0 Å². The van der Waals surface area contributed by atoms with Crippen molar-refractivity contribution >= 4 is 29.2 Å². The Morgan fingerprint density at radius 2 is 2.21 bits per heavy atom. The number of benzene rings is 1. The first-order valence-corrected chi connectivity index (χ1v) is 7.34. The molecule has 0 unspecified atom stereocenters. The van der Waals surface area contributed by atoms with Crippen LogP contribution >= 0.6 is 22.9 Å². The number of hydrogen-bond acceptors (Lipinski definition) is 3. The van der Waals surface area contributed by atoms with Crippen molar-refractivity contribution in [3.05, 3.63) is 55.7 Å². The van der Waals surface area contributed by atoms with Gasteiger partial charge in [0.1, 0.15) is 6.10 Å². The molecule has 2 nitrogen and oxygen atoms in total. The van der Waals surface area contributed by atoms with E-state index in [4.69, 9.17) is 16.3 Å². The van der Waals surface area contributed by atoms with Gasteiger partial charge in [0.25, 0.3) is 0 Å². The smallest absolute Gasteiger partial charge is 0.160 e. The van der Waals surface area contributed by atoms with E-state index in [2.05, 4.69) is 6.07 Å². The SMILES string of the molecule is Cc1sc(C=O)cc1[C@@H]1OCCc2ccc(Cl)cc21. The van der Waals surface area contributed by atoms with Crippen LogP contribution in [0.4, 0.5) is 0 Å². The minimum Gasteiger partial charge on any atom is -0.368 e. The number of fused-ring (bicyclic) bond motifs is 1. The highest BCUT2D eigenvalue weighted by molar-refractivity contribution is 7.13. The topological polar surface area (TPSA) is 26.3 Å². The van der Waals surface area contributed by atoms with E-state index in [1.807, 2.05) is 25.1 Å². The van der Waals surface area contributed by atoms with E-state index in [1.54, 1.807) is 0 Å². The van der Waals surface area contributed by atoms with Crippen LogP contribution in [0.25, 0.3) is 0 Å². The van der Waals surface area contributed by atoms with E-state index < -0.39 is 0 Å². The van der Waals surface area contributed by atoms with Gasteiger partial charge in [-0.15, -0.1) is 11.3 Å². The lowest BCUT2D eigenvalue weighted by atomic mass is 9.93. The quantitative estimate of drug-likeness (QED) is 0.776. The Balaban J connectivity index is 2.09. The molecule has 0 amide bonds. The lowest BCUT2D eigenvalue weighted by Gasteiger charge is -2.26. The zero-order chi connectivity index (χ0) is 13.4. The maximum atomic E-state index is 10.9. The fourth-order valence-corrected chi connectivity index (χ4v) is 3.56. The summed E-state index contributed by atoms with van der Waals surface area (Å²) in [5.74, 6) is 0. The molecule has 0 saturated heterocycles. The van der Waals surface area contributed by atoms with Crippen molar-refractivity contribution in [1.82, 2.24) is 0 Å². The van der Waals surface area contributed by atoms with Gasteiger partial charge in [-0.05, 0) is 48.2 Å². The predicted octanol–water partition coefficient (Wildman–Crippen LogP) is 4.18. The molecule has 1 aliphatic rings. The average molecular weight is 293 g/mol. The van der Waals surface area contributed by atoms with Crippen molar-refractivity contribution in [2.24, 2.45) is 0 Å². The molecular weight excluding hydrogens is 280 g/mol. The molecule has 0 radical (unpaired) electrons. The number of aryl methyl sites for hydroxylation is 1. The van der Waals surface area contributed by atoms with Gasteiger partial charge in [-0.1, -0.05) is 17.7 Å². The molecule has 4 heteroatoms. The Hall–Kier alpha value is -1.16. The van der Waals surface area contributed by atoms with Gasteiger partial charge in [0.2, 0.25) is 0 Å². The molecule has 98 valence electrons. The summed E-state index contributed by atoms with van der Waals surface area (Å²) in [4.78, 5) is 12.8. The third kappa shape index (κ3) is 2.34. The predicted molar refractivity (Wildman–Crippen MR) is 77.4 cm³/mol. The van der Waals surface area contributed by atoms with E-state index in [1.165, 1.54) is 16.9 Å². The fourth-order valence-electron chi connectivity index (χ4n) is 2.51. The van der Waals surface area contributed by atoms with Crippen molar-refractivity contribution in [2.75, 3.05) is 6.61 Å². The van der Waals surface area contributed by atoms with Crippen LogP contribution in [0, 0.1) is 6.92 Å². The van der Waals surface area contributed by atoms with Crippen LogP contribution in [-0.2, 0) is 11.2 Å². The summed E-state index contributed by atoms with van der Waals surface area (Å²) in [5, 5.41) is 0.720. The first kappa shape index (κ1) is 12.9. The van der Waals surface area contributed by atoms with E-state index in [9.17, 15) is 4.79 Å². The zero-order valence-corrected chi connectivity index (χ0v) is 12.1. The number of aldehydes is 1. The molecule has 19 heavy (non-hydrogen) atoms. The van der Waals surface area contributed by atoms with Crippen LogP contribution in [0.3, 0.4) is 0 Å². The van der Waals surface area contributed by atoms with Crippen LogP contribution in [0.5, 0.6) is 0 Å². The third-order valence-electron chi connectivity index (χ3n) is 3.42. The van der Waals surface area contributed by atoms with E-state index in [-0.39, 0.29) is 6.10 Å². The molecular formula is C15H13ClO2S. The highest BCUT2D eigenvalue weighted by atomic mass is 35.5. The molecule has 0 fully saturated rings. The maximum Gasteiger partial charge on any atom is 0.160 e. The number of hydrogen-bond donors (Lipinski definition) is 0. The zero-order valence-electron chi connectivity index (χ0n) is 10.5. The highest BCUT2D eigenvalue weighted by Crippen LogP contribution is 2.38. The lowest BCUT2D eigenvalue weighted by molar-refractivity contribution is 0.0697. The summed E-state index contributed by atoms with van der Waals surface area (Å²) in [6.07, 6.45) is 1.70. The van der Waals surface area contributed by atoms with E-state index in [0.717, 1.165) is 38.6 Å². The number of carbonyl (C=O) groups is 1. The maximum absolute atomic E-state index is 10.9. The van der Waals surface area contributed by atoms with Crippen LogP contribution < -0.4 is 0 Å². The minimum atomic E-state index is -0.104. The van der Waals surface area contributed by atoms with E-state index >= 15 is 0 Å². The molecule has 1 aromatic heterocycles. The molecule has 2 aromatic rings. The van der Waals surface area contributed by atoms with Crippen LogP contribution in [0.2, 0.25) is 5.02 Å². The molecule has 1 aromatic carbocycles. The van der Waals surface area contributed by atoms with Crippen molar-refractivity contribution < 1.29 is 9.53 Å². The number of ether oxygens (including phenoxy) is 1. The second-order valence-electron chi connectivity index (χ2n) is 4.62. The Morgan fingerprint density at radius 1 is 1.37 bits per heavy atom. The molecule has 0 bridgehead atoms. The minimum absolute atomic E-state index is 0.104. The first-order chi connectivity index (χ1) is 9.19. The molecule has 0 saturated carbocycles. The highest BCUT2D eigenvalue weighted by Gasteiger charge is 2.25. The number of halogens is 1. The monoisotopic (exact) mass is 292 g/mol. The van der Waals surface area contributed by atoms with Crippen LogP contribution in [-0.4, -0.2) is 12.9 Å². The molecule has 0 spiro atoms. The summed E-state index contributed by atoms with van der Waals surface area (Å²) in [6, 6.07) is 7.88. The summed E-state index contributed by atoms with van der Waals surface area (Å²) >= 11 is 7.60. The number of rotatable bonds is 2. The van der Waals surface area contributed by atoms with Gasteiger partial charge in [0.05, 0.1) is 11.5 Å². The van der Waals surface area contributed by atoms with E-state index in [0.29, 0.717) is 6.61 Å². The van der Waals surface area contributed by atoms with Crippen molar-refractivity contribution in [3.63, 3.8) is 0 Å². The second kappa shape index (κ2) is 5.08. The van der Waals surface area contributed by atoms with Gasteiger partial charge in [-0.25, -0.2) is 0 Å². The van der Waals surface area contributed by atoms with Crippen molar-refractivity contribution in [2.45, 2.75) is 19.4 Å². The summed E-state index contributed by atoms with van der Waals surface area (Å²) in [5.41, 5.74) is 3.48. The van der Waals surface area contributed by atoms with Crippen molar-refractivity contribution in [3.8, 4) is 0 Å². The van der Waals surface area contributed by atoms with Gasteiger partial charge in [-0.3, -0.25) is 4.79 Å². The molecule has 2 heterocycles. The standard InChI is InChI=1S/C15H13ClO2S/c1-9-13(7-12(8-17)19-9)15-14-6-11(16)3-2-10(14)4-5-18-15/h2-3,6-8,15H,4-5H2,1H3/t15-/m0/s1.